The molecule has 0 saturated heterocycles. The molecule has 1 aromatic rings. The molecule has 3 N–H and O–H groups in total. The van der Waals surface area contributed by atoms with Crippen LogP contribution in [-0.4, -0.2) is 47.3 Å². The zero-order valence-electron chi connectivity index (χ0n) is 9.88. The maximum Gasteiger partial charge on any atom is 0.321 e. The van der Waals surface area contributed by atoms with Crippen molar-refractivity contribution in [3.8, 4) is 0 Å². The summed E-state index contributed by atoms with van der Waals surface area (Å²) in [5.41, 5.74) is 0.0811. The van der Waals surface area contributed by atoms with Gasteiger partial charge in [0.1, 0.15) is 0 Å². The Kier molecular flexibility index (Phi) is 5.28. The van der Waals surface area contributed by atoms with Crippen LogP contribution in [0.15, 0.2) is 12.1 Å². The number of hydrogen-bond donors (Lipinski definition) is 3. The normalized spacial score (nSPS) is 12.1. The van der Waals surface area contributed by atoms with E-state index >= 15 is 0 Å². The van der Waals surface area contributed by atoms with Crippen LogP contribution in [0.25, 0.3) is 0 Å². The van der Waals surface area contributed by atoms with E-state index in [-0.39, 0.29) is 18.1 Å². The van der Waals surface area contributed by atoms with Crippen molar-refractivity contribution < 1.29 is 19.6 Å². The quantitative estimate of drug-likeness (QED) is 0.471. The Morgan fingerprint density at radius 3 is 2.89 bits per heavy atom. The van der Waals surface area contributed by atoms with Gasteiger partial charge in [-0.1, -0.05) is 0 Å². The lowest BCUT2D eigenvalue weighted by molar-refractivity contribution is -0.389. The first kappa shape index (κ1) is 14.1. The number of nitro groups is 1. The van der Waals surface area contributed by atoms with Crippen molar-refractivity contribution in [1.29, 1.82) is 0 Å². The highest BCUT2D eigenvalue weighted by molar-refractivity contribution is 5.93. The monoisotopic (exact) mass is 257 g/mol. The highest BCUT2D eigenvalue weighted by atomic mass is 16.6. The molecule has 0 bridgehead atoms. The van der Waals surface area contributed by atoms with Gasteiger partial charge in [-0.2, -0.15) is 0 Å². The van der Waals surface area contributed by atoms with Crippen LogP contribution in [0.2, 0.25) is 0 Å². The number of aromatic nitrogens is 1. The van der Waals surface area contributed by atoms with E-state index in [1.54, 1.807) is 0 Å². The zero-order chi connectivity index (χ0) is 13.5. The summed E-state index contributed by atoms with van der Waals surface area (Å²) in [6, 6.07) is 2.08. The number of carbonyl (C=O) groups excluding carboxylic acids is 1. The number of aromatic amines is 1. The molecular formula is C10H15N3O5. The molecule has 18 heavy (non-hydrogen) atoms. The second-order valence-corrected chi connectivity index (χ2v) is 3.65. The minimum atomic E-state index is -0.620. The molecule has 1 aromatic heterocycles. The van der Waals surface area contributed by atoms with Gasteiger partial charge in [-0.15, -0.1) is 0 Å². The summed E-state index contributed by atoms with van der Waals surface area (Å²) in [5.74, 6) is -0.754. The second kappa shape index (κ2) is 6.72. The van der Waals surface area contributed by atoms with Crippen LogP contribution < -0.4 is 5.32 Å². The first-order valence-electron chi connectivity index (χ1n) is 5.32. The number of carbonyl (C=O) groups is 1. The molecule has 0 aliphatic heterocycles. The average molecular weight is 257 g/mol. The van der Waals surface area contributed by atoms with Crippen molar-refractivity contribution in [2.75, 3.05) is 20.3 Å². The molecule has 0 radical (unpaired) electrons. The number of aliphatic hydroxyl groups is 1. The highest BCUT2D eigenvalue weighted by Crippen LogP contribution is 2.10. The van der Waals surface area contributed by atoms with Crippen molar-refractivity contribution in [2.45, 2.75) is 12.5 Å². The third-order valence-corrected chi connectivity index (χ3v) is 2.34. The van der Waals surface area contributed by atoms with Gasteiger partial charge < -0.3 is 25.3 Å². The predicted octanol–water partition coefficient (Wildman–Crippen LogP) is 0.0501. The maximum atomic E-state index is 11.7. The number of nitrogens with zero attached hydrogens (tertiary/aromatic N) is 1. The molecule has 1 unspecified atom stereocenters. The van der Waals surface area contributed by atoms with Gasteiger partial charge in [0.25, 0.3) is 5.91 Å². The number of amides is 1. The van der Waals surface area contributed by atoms with Crippen LogP contribution in [-0.2, 0) is 4.74 Å². The van der Waals surface area contributed by atoms with Gasteiger partial charge >= 0.3 is 5.82 Å². The Labute approximate surface area is 103 Å². The lowest BCUT2D eigenvalue weighted by Gasteiger charge is -2.14. The van der Waals surface area contributed by atoms with E-state index in [4.69, 9.17) is 9.84 Å². The van der Waals surface area contributed by atoms with Crippen molar-refractivity contribution in [2.24, 2.45) is 0 Å². The highest BCUT2D eigenvalue weighted by Gasteiger charge is 2.18. The van der Waals surface area contributed by atoms with Crippen LogP contribution in [0, 0.1) is 10.1 Å². The average Bonchev–Trinajstić information content (AvgIpc) is 2.83. The van der Waals surface area contributed by atoms with Crippen molar-refractivity contribution in [3.05, 3.63) is 27.9 Å². The van der Waals surface area contributed by atoms with E-state index in [0.717, 1.165) is 0 Å². The first-order valence-corrected chi connectivity index (χ1v) is 5.32. The van der Waals surface area contributed by atoms with Gasteiger partial charge in [0.15, 0.2) is 5.69 Å². The minimum Gasteiger partial charge on any atom is -0.394 e. The Morgan fingerprint density at radius 1 is 1.67 bits per heavy atom. The van der Waals surface area contributed by atoms with Crippen LogP contribution in [0.5, 0.6) is 0 Å². The number of methoxy groups -OCH3 is 1. The van der Waals surface area contributed by atoms with Crippen LogP contribution >= 0.6 is 0 Å². The van der Waals surface area contributed by atoms with Crippen molar-refractivity contribution in [3.63, 3.8) is 0 Å². The molecule has 1 amide bonds. The number of aliphatic hydroxyl groups excluding tert-OH is 1. The van der Waals surface area contributed by atoms with Gasteiger partial charge in [0.2, 0.25) is 0 Å². The Morgan fingerprint density at radius 2 is 2.39 bits per heavy atom. The third-order valence-electron chi connectivity index (χ3n) is 2.34. The van der Waals surface area contributed by atoms with Crippen LogP contribution in [0.1, 0.15) is 16.9 Å². The lowest BCUT2D eigenvalue weighted by Crippen LogP contribution is -2.38. The van der Waals surface area contributed by atoms with E-state index in [2.05, 4.69) is 10.3 Å². The molecule has 0 spiro atoms. The Bertz CT molecular complexity index is 417. The maximum absolute atomic E-state index is 11.7. The van der Waals surface area contributed by atoms with E-state index in [0.29, 0.717) is 13.0 Å². The number of hydrogen-bond acceptors (Lipinski definition) is 5. The standard InChI is InChI=1S/C10H15N3O5/c1-18-5-4-7(6-14)11-10(15)8-2-3-9(12-8)13(16)17/h2-3,7,12,14H,4-6H2,1H3,(H,11,15). The molecule has 1 rings (SSSR count). The van der Waals surface area contributed by atoms with Gasteiger partial charge in [-0.05, 0) is 17.4 Å². The molecule has 1 atom stereocenters. The molecule has 8 heteroatoms. The molecule has 1 heterocycles. The second-order valence-electron chi connectivity index (χ2n) is 3.65. The number of nitrogens with one attached hydrogen (secondary N) is 2. The smallest absolute Gasteiger partial charge is 0.321 e. The fourth-order valence-electron chi connectivity index (χ4n) is 1.35. The van der Waals surface area contributed by atoms with E-state index in [1.807, 2.05) is 0 Å². The van der Waals surface area contributed by atoms with E-state index in [9.17, 15) is 14.9 Å². The SMILES string of the molecule is COCCC(CO)NC(=O)c1ccc([N+](=O)[O-])[nH]1. The van der Waals surface area contributed by atoms with Gasteiger partial charge in [-0.3, -0.25) is 4.79 Å². The van der Waals surface area contributed by atoms with Crippen molar-refractivity contribution in [1.82, 2.24) is 10.3 Å². The molecule has 0 saturated carbocycles. The lowest BCUT2D eigenvalue weighted by atomic mass is 10.2. The summed E-state index contributed by atoms with van der Waals surface area (Å²) in [4.78, 5) is 23.9. The predicted molar refractivity (Wildman–Crippen MR) is 62.3 cm³/mol. The molecule has 0 aliphatic carbocycles. The van der Waals surface area contributed by atoms with E-state index in [1.165, 1.54) is 19.2 Å². The Hall–Kier alpha value is -1.93. The van der Waals surface area contributed by atoms with Gasteiger partial charge in [0, 0.05) is 19.8 Å². The molecular weight excluding hydrogens is 242 g/mol. The molecule has 0 aliphatic rings. The zero-order valence-corrected chi connectivity index (χ0v) is 9.88. The molecule has 0 fully saturated rings. The topological polar surface area (TPSA) is 117 Å². The largest absolute Gasteiger partial charge is 0.394 e. The molecule has 100 valence electrons. The fraction of sp³-hybridized carbons (Fsp3) is 0.500. The number of rotatable bonds is 7. The molecule has 8 nitrogen and oxygen atoms in total. The molecule has 0 aromatic carbocycles. The van der Waals surface area contributed by atoms with Crippen LogP contribution in [0.3, 0.4) is 0 Å². The summed E-state index contributed by atoms with van der Waals surface area (Å²) in [6.07, 6.45) is 0.460. The Balaban J connectivity index is 2.59. The third kappa shape index (κ3) is 3.82. The van der Waals surface area contributed by atoms with Gasteiger partial charge in [0.05, 0.1) is 12.6 Å². The minimum absolute atomic E-state index is 0.0811. The number of H-pyrrole nitrogens is 1. The first-order chi connectivity index (χ1) is 8.58. The summed E-state index contributed by atoms with van der Waals surface area (Å²) >= 11 is 0. The summed E-state index contributed by atoms with van der Waals surface area (Å²) in [5, 5.41) is 22.0. The fourth-order valence-corrected chi connectivity index (χ4v) is 1.35. The summed E-state index contributed by atoms with van der Waals surface area (Å²) < 4.78 is 4.84. The van der Waals surface area contributed by atoms with Gasteiger partial charge in [-0.25, -0.2) is 4.98 Å². The van der Waals surface area contributed by atoms with Crippen LogP contribution in [0.4, 0.5) is 5.82 Å². The van der Waals surface area contributed by atoms with E-state index < -0.39 is 16.9 Å². The summed E-state index contributed by atoms with van der Waals surface area (Å²) in [6.45, 7) is 0.175. The number of ether oxygens (including phenoxy) is 1. The summed E-state index contributed by atoms with van der Waals surface area (Å²) in [7, 11) is 1.52. The van der Waals surface area contributed by atoms with Crippen molar-refractivity contribution >= 4 is 11.7 Å².